The Morgan fingerprint density at radius 3 is 2.36 bits per heavy atom. The van der Waals surface area contributed by atoms with Crippen LogP contribution in [-0.4, -0.2) is 5.24 Å². The summed E-state index contributed by atoms with van der Waals surface area (Å²) in [6.45, 7) is 0. The van der Waals surface area contributed by atoms with Gasteiger partial charge in [-0.05, 0) is 48.6 Å². The zero-order chi connectivity index (χ0) is 10.2. The first kappa shape index (κ1) is 10.2. The molecule has 0 saturated heterocycles. The van der Waals surface area contributed by atoms with E-state index < -0.39 is 0 Å². The molecule has 0 amide bonds. The van der Waals surface area contributed by atoms with Gasteiger partial charge in [0.25, 0.3) is 0 Å². The Hall–Kier alpha value is -0.340. The Morgan fingerprint density at radius 2 is 1.93 bits per heavy atom. The zero-order valence-corrected chi connectivity index (χ0v) is 9.94. The van der Waals surface area contributed by atoms with Crippen molar-refractivity contribution >= 4 is 32.8 Å². The minimum Gasteiger partial charge on any atom is -0.281 e. The van der Waals surface area contributed by atoms with Gasteiger partial charge in [0.2, 0.25) is 5.24 Å². The van der Waals surface area contributed by atoms with Crippen molar-refractivity contribution in [3.8, 4) is 0 Å². The van der Waals surface area contributed by atoms with Crippen LogP contribution in [-0.2, 0) is 11.2 Å². The Kier molecular flexibility index (Phi) is 2.67. The number of rotatable bonds is 3. The monoisotopic (exact) mass is 272 g/mol. The maximum absolute atomic E-state index is 11.2. The van der Waals surface area contributed by atoms with Crippen LogP contribution in [0.5, 0.6) is 0 Å². The zero-order valence-electron chi connectivity index (χ0n) is 7.59. The third-order valence-corrected chi connectivity index (χ3v) is 3.66. The quantitative estimate of drug-likeness (QED) is 0.770. The molecule has 1 nitrogen and oxygen atoms in total. The van der Waals surface area contributed by atoms with Crippen LogP contribution >= 0.6 is 27.5 Å². The van der Waals surface area contributed by atoms with Crippen LogP contribution in [0.4, 0.5) is 0 Å². The molecule has 1 aromatic rings. The molecule has 14 heavy (non-hydrogen) atoms. The first-order valence-electron chi connectivity index (χ1n) is 4.57. The highest BCUT2D eigenvalue weighted by molar-refractivity contribution is 9.10. The first-order chi connectivity index (χ1) is 6.62. The Labute approximate surface area is 96.6 Å². The van der Waals surface area contributed by atoms with Crippen molar-refractivity contribution in [1.29, 1.82) is 0 Å². The predicted molar refractivity (Wildman–Crippen MR) is 60.4 cm³/mol. The number of carbonyl (C=O) groups is 1. The number of benzene rings is 1. The lowest BCUT2D eigenvalue weighted by Gasteiger charge is -2.09. The molecular formula is C11H10BrClO. The minimum absolute atomic E-state index is 0.180. The van der Waals surface area contributed by atoms with Crippen molar-refractivity contribution in [2.45, 2.75) is 19.3 Å². The molecule has 0 atom stereocenters. The lowest BCUT2D eigenvalue weighted by atomic mass is 9.98. The second kappa shape index (κ2) is 3.67. The van der Waals surface area contributed by atoms with Gasteiger partial charge in [-0.3, -0.25) is 4.79 Å². The lowest BCUT2D eigenvalue weighted by molar-refractivity contribution is -0.116. The highest BCUT2D eigenvalue weighted by atomic mass is 79.9. The normalized spacial score (nSPS) is 17.9. The SMILES string of the molecule is O=C(Cl)C1(Cc2ccc(Br)cc2)CC1. The number of hydrogen-bond donors (Lipinski definition) is 0. The van der Waals surface area contributed by atoms with Gasteiger partial charge in [-0.1, -0.05) is 28.1 Å². The summed E-state index contributed by atoms with van der Waals surface area (Å²) in [6.07, 6.45) is 2.65. The van der Waals surface area contributed by atoms with Gasteiger partial charge >= 0.3 is 0 Å². The largest absolute Gasteiger partial charge is 0.281 e. The van der Waals surface area contributed by atoms with E-state index in [9.17, 15) is 4.79 Å². The highest BCUT2D eigenvalue weighted by Crippen LogP contribution is 2.50. The predicted octanol–water partition coefficient (Wildman–Crippen LogP) is 3.54. The van der Waals surface area contributed by atoms with E-state index in [1.807, 2.05) is 24.3 Å². The number of carbonyl (C=O) groups excluding carboxylic acids is 1. The van der Waals surface area contributed by atoms with Crippen LogP contribution in [0.2, 0.25) is 0 Å². The third kappa shape index (κ3) is 2.01. The Balaban J connectivity index is 2.11. The van der Waals surface area contributed by atoms with E-state index in [0.29, 0.717) is 0 Å². The van der Waals surface area contributed by atoms with Crippen molar-refractivity contribution < 1.29 is 4.79 Å². The molecule has 0 bridgehead atoms. The molecule has 1 aliphatic rings. The second-order valence-electron chi connectivity index (χ2n) is 3.86. The second-order valence-corrected chi connectivity index (χ2v) is 5.12. The minimum atomic E-state index is -0.241. The maximum atomic E-state index is 11.2. The average Bonchev–Trinajstić information content (AvgIpc) is 2.90. The van der Waals surface area contributed by atoms with Gasteiger partial charge in [0.05, 0.1) is 0 Å². The van der Waals surface area contributed by atoms with E-state index in [1.165, 1.54) is 5.56 Å². The molecule has 1 aromatic carbocycles. The summed E-state index contributed by atoms with van der Waals surface area (Å²) in [5.41, 5.74) is 0.940. The fourth-order valence-electron chi connectivity index (χ4n) is 1.59. The van der Waals surface area contributed by atoms with E-state index in [4.69, 9.17) is 11.6 Å². The average molecular weight is 274 g/mol. The lowest BCUT2D eigenvalue weighted by Crippen LogP contribution is -2.12. The van der Waals surface area contributed by atoms with Gasteiger partial charge in [0, 0.05) is 9.89 Å². The van der Waals surface area contributed by atoms with E-state index >= 15 is 0 Å². The molecule has 0 aromatic heterocycles. The molecule has 2 rings (SSSR count). The topological polar surface area (TPSA) is 17.1 Å². The number of hydrogen-bond acceptors (Lipinski definition) is 1. The van der Waals surface area contributed by atoms with Crippen molar-refractivity contribution in [3.05, 3.63) is 34.3 Å². The first-order valence-corrected chi connectivity index (χ1v) is 5.74. The Bertz CT molecular complexity index is 354. The fourth-order valence-corrected chi connectivity index (χ4v) is 2.11. The molecule has 0 radical (unpaired) electrons. The summed E-state index contributed by atoms with van der Waals surface area (Å²) in [6, 6.07) is 8.04. The van der Waals surface area contributed by atoms with Gasteiger partial charge < -0.3 is 0 Å². The Morgan fingerprint density at radius 1 is 1.36 bits per heavy atom. The standard InChI is InChI=1S/C11H10BrClO/c12-9-3-1-8(2-4-9)7-11(5-6-11)10(13)14/h1-4H,5-7H2. The van der Waals surface area contributed by atoms with Crippen molar-refractivity contribution in [2.24, 2.45) is 5.41 Å². The van der Waals surface area contributed by atoms with Gasteiger partial charge in [0.15, 0.2) is 0 Å². The molecule has 1 fully saturated rings. The van der Waals surface area contributed by atoms with Crippen LogP contribution in [0.15, 0.2) is 28.7 Å². The van der Waals surface area contributed by atoms with Crippen LogP contribution < -0.4 is 0 Å². The summed E-state index contributed by atoms with van der Waals surface area (Å²) >= 11 is 8.94. The smallest absolute Gasteiger partial charge is 0.228 e. The van der Waals surface area contributed by atoms with Gasteiger partial charge in [-0.25, -0.2) is 0 Å². The van der Waals surface area contributed by atoms with Crippen molar-refractivity contribution in [3.63, 3.8) is 0 Å². The summed E-state index contributed by atoms with van der Waals surface area (Å²) in [4.78, 5) is 11.2. The molecule has 1 aliphatic carbocycles. The third-order valence-electron chi connectivity index (χ3n) is 2.73. The van der Waals surface area contributed by atoms with Crippen LogP contribution in [0, 0.1) is 5.41 Å². The molecule has 0 heterocycles. The summed E-state index contributed by atoms with van der Waals surface area (Å²) in [5.74, 6) is 0. The van der Waals surface area contributed by atoms with Gasteiger partial charge in [-0.2, -0.15) is 0 Å². The molecule has 3 heteroatoms. The number of halogens is 2. The molecular weight excluding hydrogens is 263 g/mol. The van der Waals surface area contributed by atoms with E-state index in [0.717, 1.165) is 23.7 Å². The summed E-state index contributed by atoms with van der Waals surface area (Å²) < 4.78 is 1.06. The van der Waals surface area contributed by atoms with Crippen LogP contribution in [0.1, 0.15) is 18.4 Å². The summed E-state index contributed by atoms with van der Waals surface area (Å²) in [7, 11) is 0. The van der Waals surface area contributed by atoms with E-state index in [2.05, 4.69) is 15.9 Å². The highest BCUT2D eigenvalue weighted by Gasteiger charge is 2.48. The summed E-state index contributed by atoms with van der Waals surface area (Å²) in [5, 5.41) is -0.180. The molecule has 0 aliphatic heterocycles. The molecule has 0 unspecified atom stereocenters. The molecule has 1 saturated carbocycles. The van der Waals surface area contributed by atoms with Crippen LogP contribution in [0.3, 0.4) is 0 Å². The molecule has 74 valence electrons. The van der Waals surface area contributed by atoms with Crippen molar-refractivity contribution in [2.75, 3.05) is 0 Å². The molecule has 0 N–H and O–H groups in total. The molecule has 0 spiro atoms. The van der Waals surface area contributed by atoms with Crippen molar-refractivity contribution in [1.82, 2.24) is 0 Å². The maximum Gasteiger partial charge on any atom is 0.228 e. The van der Waals surface area contributed by atoms with E-state index in [1.54, 1.807) is 0 Å². The van der Waals surface area contributed by atoms with Crippen LogP contribution in [0.25, 0.3) is 0 Å². The van der Waals surface area contributed by atoms with Gasteiger partial charge in [-0.15, -0.1) is 0 Å². The van der Waals surface area contributed by atoms with Gasteiger partial charge in [0.1, 0.15) is 0 Å². The fraction of sp³-hybridized carbons (Fsp3) is 0.364. The van der Waals surface area contributed by atoms with E-state index in [-0.39, 0.29) is 10.7 Å².